The number of aliphatic carboxylic acids is 1. The van der Waals surface area contributed by atoms with Crippen molar-refractivity contribution in [1.82, 2.24) is 0 Å². The van der Waals surface area contributed by atoms with Crippen molar-refractivity contribution in [3.05, 3.63) is 24.0 Å². The van der Waals surface area contributed by atoms with Crippen LogP contribution in [0.2, 0.25) is 0 Å². The van der Waals surface area contributed by atoms with E-state index in [0.717, 1.165) is 31.4 Å². The zero-order valence-corrected chi connectivity index (χ0v) is 12.1. The highest BCUT2D eigenvalue weighted by Gasteiger charge is 2.40. The van der Waals surface area contributed by atoms with E-state index < -0.39 is 27.3 Å². The standard InChI is InChI=1S/C13H17FN2O4S/c14-10-8-9(21(15,19)20)4-5-11(10)16-13(12(17)18)6-2-1-3-7-13/h4-5,8,16H,1-3,6-7H2,(H,17,18)(H2,15,19,20). The third kappa shape index (κ3) is 3.33. The summed E-state index contributed by atoms with van der Waals surface area (Å²) >= 11 is 0. The first-order valence-corrected chi connectivity index (χ1v) is 8.13. The molecule has 6 nitrogen and oxygen atoms in total. The summed E-state index contributed by atoms with van der Waals surface area (Å²) < 4.78 is 36.3. The molecule has 0 heterocycles. The van der Waals surface area contributed by atoms with Gasteiger partial charge in [-0.2, -0.15) is 0 Å². The van der Waals surface area contributed by atoms with E-state index in [-0.39, 0.29) is 10.6 Å². The Morgan fingerprint density at radius 1 is 1.29 bits per heavy atom. The van der Waals surface area contributed by atoms with Crippen molar-refractivity contribution in [3.8, 4) is 0 Å². The first-order valence-electron chi connectivity index (χ1n) is 6.59. The number of nitrogens with one attached hydrogen (secondary N) is 1. The van der Waals surface area contributed by atoms with Crippen LogP contribution in [0.1, 0.15) is 32.1 Å². The van der Waals surface area contributed by atoms with Crippen LogP contribution in [0.5, 0.6) is 0 Å². The van der Waals surface area contributed by atoms with Gasteiger partial charge in [0, 0.05) is 0 Å². The second-order valence-electron chi connectivity index (χ2n) is 5.26. The van der Waals surface area contributed by atoms with Crippen LogP contribution in [0.3, 0.4) is 0 Å². The molecule has 1 aromatic carbocycles. The molecule has 1 fully saturated rings. The zero-order valence-electron chi connectivity index (χ0n) is 11.3. The molecule has 0 unspecified atom stereocenters. The number of primary sulfonamides is 1. The fourth-order valence-electron chi connectivity index (χ4n) is 2.58. The number of nitrogens with two attached hydrogens (primary N) is 1. The number of carbonyl (C=O) groups is 1. The second kappa shape index (κ2) is 5.61. The van der Waals surface area contributed by atoms with Crippen molar-refractivity contribution in [3.63, 3.8) is 0 Å². The van der Waals surface area contributed by atoms with Crippen LogP contribution in [0, 0.1) is 5.82 Å². The second-order valence-corrected chi connectivity index (χ2v) is 6.82. The maximum atomic E-state index is 14.0. The Bertz CT molecular complexity index is 654. The van der Waals surface area contributed by atoms with Crippen molar-refractivity contribution >= 4 is 21.7 Å². The lowest BCUT2D eigenvalue weighted by Gasteiger charge is -2.35. The minimum absolute atomic E-state index is 0.0355. The number of hydrogen-bond donors (Lipinski definition) is 3. The summed E-state index contributed by atoms with van der Waals surface area (Å²) in [5.41, 5.74) is -1.24. The molecule has 1 aromatic rings. The molecule has 1 aliphatic carbocycles. The van der Waals surface area contributed by atoms with Crippen LogP contribution in [-0.2, 0) is 14.8 Å². The van der Waals surface area contributed by atoms with Crippen LogP contribution < -0.4 is 10.5 Å². The van der Waals surface area contributed by atoms with Gasteiger partial charge >= 0.3 is 5.97 Å². The van der Waals surface area contributed by atoms with Gasteiger partial charge in [0.2, 0.25) is 10.0 Å². The number of halogens is 1. The topological polar surface area (TPSA) is 109 Å². The van der Waals surface area contributed by atoms with Gasteiger partial charge in [-0.05, 0) is 31.0 Å². The lowest BCUT2D eigenvalue weighted by molar-refractivity contribution is -0.143. The number of rotatable bonds is 4. The fraction of sp³-hybridized carbons (Fsp3) is 0.462. The minimum atomic E-state index is -3.99. The average molecular weight is 316 g/mol. The van der Waals surface area contributed by atoms with Crippen molar-refractivity contribution in [1.29, 1.82) is 0 Å². The van der Waals surface area contributed by atoms with Gasteiger partial charge in [-0.1, -0.05) is 19.3 Å². The average Bonchev–Trinajstić information content (AvgIpc) is 2.41. The van der Waals surface area contributed by atoms with Gasteiger partial charge in [-0.25, -0.2) is 22.7 Å². The van der Waals surface area contributed by atoms with Crippen LogP contribution in [0.25, 0.3) is 0 Å². The van der Waals surface area contributed by atoms with Crippen LogP contribution in [0.15, 0.2) is 23.1 Å². The Balaban J connectivity index is 2.32. The number of carboxylic acid groups (broad SMARTS) is 1. The molecule has 0 aliphatic heterocycles. The third-order valence-corrected chi connectivity index (χ3v) is 4.67. The molecule has 21 heavy (non-hydrogen) atoms. The summed E-state index contributed by atoms with van der Waals surface area (Å²) in [6.07, 6.45) is 3.24. The summed E-state index contributed by atoms with van der Waals surface area (Å²) in [6, 6.07) is 3.14. The molecule has 0 saturated heterocycles. The lowest BCUT2D eigenvalue weighted by atomic mass is 9.81. The predicted octanol–water partition coefficient (Wildman–Crippen LogP) is 1.67. The molecule has 0 radical (unpaired) electrons. The van der Waals surface area contributed by atoms with Crippen molar-refractivity contribution in [2.45, 2.75) is 42.5 Å². The van der Waals surface area contributed by atoms with Crippen LogP contribution in [-0.4, -0.2) is 25.0 Å². The lowest BCUT2D eigenvalue weighted by Crippen LogP contribution is -2.48. The number of sulfonamides is 1. The summed E-state index contributed by atoms with van der Waals surface area (Å²) in [5.74, 6) is -1.87. The van der Waals surface area contributed by atoms with E-state index >= 15 is 0 Å². The maximum absolute atomic E-state index is 14.0. The van der Waals surface area contributed by atoms with Gasteiger partial charge < -0.3 is 10.4 Å². The third-order valence-electron chi connectivity index (χ3n) is 3.76. The van der Waals surface area contributed by atoms with Crippen molar-refractivity contribution in [2.75, 3.05) is 5.32 Å². The van der Waals surface area contributed by atoms with Gasteiger partial charge in [-0.3, -0.25) is 0 Å². The molecule has 0 amide bonds. The Hall–Kier alpha value is -1.67. The van der Waals surface area contributed by atoms with Gasteiger partial charge in [-0.15, -0.1) is 0 Å². The maximum Gasteiger partial charge on any atom is 0.329 e. The summed E-state index contributed by atoms with van der Waals surface area (Å²) in [6.45, 7) is 0. The smallest absolute Gasteiger partial charge is 0.329 e. The van der Waals surface area contributed by atoms with Gasteiger partial charge in [0.1, 0.15) is 11.4 Å². The molecule has 2 rings (SSSR count). The Labute approximate surface area is 122 Å². The molecule has 1 aliphatic rings. The molecule has 0 spiro atoms. The highest BCUT2D eigenvalue weighted by molar-refractivity contribution is 7.89. The van der Waals surface area contributed by atoms with Crippen molar-refractivity contribution in [2.24, 2.45) is 5.14 Å². The van der Waals surface area contributed by atoms with Gasteiger partial charge in [0.15, 0.2) is 0 Å². The Morgan fingerprint density at radius 3 is 2.38 bits per heavy atom. The molecule has 1 saturated carbocycles. The van der Waals surface area contributed by atoms with E-state index in [1.54, 1.807) is 0 Å². The van der Waals surface area contributed by atoms with Crippen molar-refractivity contribution < 1.29 is 22.7 Å². The largest absolute Gasteiger partial charge is 0.480 e. The summed E-state index contributed by atoms with van der Waals surface area (Å²) in [7, 11) is -3.99. The monoisotopic (exact) mass is 316 g/mol. The van der Waals surface area contributed by atoms with E-state index in [0.29, 0.717) is 12.8 Å². The molecule has 4 N–H and O–H groups in total. The molecule has 0 atom stereocenters. The van der Waals surface area contributed by atoms with E-state index in [1.165, 1.54) is 6.07 Å². The van der Waals surface area contributed by atoms with E-state index in [2.05, 4.69) is 5.32 Å². The molecule has 116 valence electrons. The molecule has 0 bridgehead atoms. The molecule has 8 heteroatoms. The van der Waals surface area contributed by atoms with E-state index in [9.17, 15) is 22.7 Å². The quantitative estimate of drug-likeness (QED) is 0.783. The first kappa shape index (κ1) is 15.7. The molecule has 0 aromatic heterocycles. The van der Waals surface area contributed by atoms with Crippen LogP contribution >= 0.6 is 0 Å². The zero-order chi connectivity index (χ0) is 15.7. The van der Waals surface area contributed by atoms with Gasteiger partial charge in [0.05, 0.1) is 10.6 Å². The summed E-state index contributed by atoms with van der Waals surface area (Å²) in [4.78, 5) is 11.2. The number of benzene rings is 1. The Kier molecular flexibility index (Phi) is 4.20. The number of hydrogen-bond acceptors (Lipinski definition) is 4. The number of carboxylic acids is 1. The first-order chi connectivity index (χ1) is 9.74. The Morgan fingerprint density at radius 2 is 1.90 bits per heavy atom. The fourth-order valence-corrected chi connectivity index (χ4v) is 3.11. The highest BCUT2D eigenvalue weighted by Crippen LogP contribution is 2.33. The SMILES string of the molecule is NS(=O)(=O)c1ccc(NC2(C(=O)O)CCCCC2)c(F)c1. The molecular weight excluding hydrogens is 299 g/mol. The van der Waals surface area contributed by atoms with Crippen LogP contribution in [0.4, 0.5) is 10.1 Å². The normalized spacial score (nSPS) is 18.2. The number of anilines is 1. The molecular formula is C13H17FN2O4S. The minimum Gasteiger partial charge on any atom is -0.480 e. The predicted molar refractivity (Wildman–Crippen MR) is 74.8 cm³/mol. The van der Waals surface area contributed by atoms with E-state index in [4.69, 9.17) is 5.14 Å². The van der Waals surface area contributed by atoms with E-state index in [1.807, 2.05) is 0 Å². The summed E-state index contributed by atoms with van der Waals surface area (Å²) in [5, 5.41) is 17.1. The highest BCUT2D eigenvalue weighted by atomic mass is 32.2. The van der Waals surface area contributed by atoms with Gasteiger partial charge in [0.25, 0.3) is 0 Å².